The third-order valence-electron chi connectivity index (χ3n) is 5.30. The lowest BCUT2D eigenvalue weighted by molar-refractivity contribution is 0.148. The molecular formula is C20H20FN5O2. The molecule has 1 fully saturated rings. The number of rotatable bonds is 2. The monoisotopic (exact) mass is 381 g/mol. The highest BCUT2D eigenvalue weighted by molar-refractivity contribution is 5.61. The van der Waals surface area contributed by atoms with Gasteiger partial charge in [0.25, 0.3) is 0 Å². The minimum Gasteiger partial charge on any atom is -0.403 e. The van der Waals surface area contributed by atoms with Crippen LogP contribution in [0.5, 0.6) is 0 Å². The molecule has 0 radical (unpaired) electrons. The van der Waals surface area contributed by atoms with Crippen LogP contribution in [-0.4, -0.2) is 46.1 Å². The van der Waals surface area contributed by atoms with Crippen LogP contribution >= 0.6 is 0 Å². The van der Waals surface area contributed by atoms with Gasteiger partial charge in [-0.3, -0.25) is 4.90 Å². The van der Waals surface area contributed by atoms with Gasteiger partial charge in [0, 0.05) is 49.7 Å². The van der Waals surface area contributed by atoms with Gasteiger partial charge in [0.05, 0.1) is 11.3 Å². The largest absolute Gasteiger partial charge is 0.403 e. The molecule has 0 amide bonds. The van der Waals surface area contributed by atoms with Gasteiger partial charge in [0.2, 0.25) is 5.55 Å². The molecule has 0 aliphatic carbocycles. The SMILES string of the molecule is C[C@H]1CN(C2CC=c3cc(-c4cn5cccc(F)c5n4)c(=O)oc3=N2)CCN1. The van der Waals surface area contributed by atoms with Crippen LogP contribution in [0.2, 0.25) is 0 Å². The molecule has 3 aromatic heterocycles. The Morgan fingerprint density at radius 2 is 2.29 bits per heavy atom. The van der Waals surface area contributed by atoms with Gasteiger partial charge in [-0.1, -0.05) is 6.08 Å². The lowest BCUT2D eigenvalue weighted by atomic mass is 10.1. The molecular weight excluding hydrogens is 361 g/mol. The summed E-state index contributed by atoms with van der Waals surface area (Å²) in [5.74, 6) is -0.439. The summed E-state index contributed by atoms with van der Waals surface area (Å²) in [5, 5.41) is 4.19. The first-order valence-corrected chi connectivity index (χ1v) is 9.42. The van der Waals surface area contributed by atoms with E-state index in [9.17, 15) is 9.18 Å². The van der Waals surface area contributed by atoms with Gasteiger partial charge in [-0.15, -0.1) is 0 Å². The van der Waals surface area contributed by atoms with Crippen LogP contribution in [0, 0.1) is 5.82 Å². The van der Waals surface area contributed by atoms with Gasteiger partial charge in [-0.2, -0.15) is 0 Å². The molecule has 5 heterocycles. The van der Waals surface area contributed by atoms with E-state index in [-0.39, 0.29) is 11.8 Å². The van der Waals surface area contributed by atoms with Crippen LogP contribution in [0.4, 0.5) is 4.39 Å². The second-order valence-corrected chi connectivity index (χ2v) is 7.32. The van der Waals surface area contributed by atoms with Crippen LogP contribution < -0.4 is 21.7 Å². The van der Waals surface area contributed by atoms with Gasteiger partial charge in [-0.25, -0.2) is 19.2 Å². The number of imidazole rings is 1. The van der Waals surface area contributed by atoms with Crippen LogP contribution in [0.25, 0.3) is 23.0 Å². The third kappa shape index (κ3) is 2.94. The van der Waals surface area contributed by atoms with Gasteiger partial charge < -0.3 is 14.1 Å². The summed E-state index contributed by atoms with van der Waals surface area (Å²) in [7, 11) is 0. The summed E-state index contributed by atoms with van der Waals surface area (Å²) in [6.07, 6.45) is 6.10. The van der Waals surface area contributed by atoms with Crippen molar-refractivity contribution in [3.8, 4) is 11.3 Å². The van der Waals surface area contributed by atoms with E-state index in [2.05, 4.69) is 27.1 Å². The Hall–Kier alpha value is -2.84. The third-order valence-corrected chi connectivity index (χ3v) is 5.30. The molecule has 0 aromatic carbocycles. The van der Waals surface area contributed by atoms with Crippen molar-refractivity contribution in [2.75, 3.05) is 19.6 Å². The summed E-state index contributed by atoms with van der Waals surface area (Å²) in [6.45, 7) is 4.90. The molecule has 5 rings (SSSR count). The number of halogens is 1. The van der Waals surface area contributed by atoms with Crippen LogP contribution in [0.15, 0.2) is 44.8 Å². The van der Waals surface area contributed by atoms with Gasteiger partial charge in [0.15, 0.2) is 11.5 Å². The maximum Gasteiger partial charge on any atom is 0.347 e. The van der Waals surface area contributed by atoms with Crippen LogP contribution in [-0.2, 0) is 0 Å². The normalized spacial score (nSPS) is 22.5. The minimum absolute atomic E-state index is 0.0182. The fourth-order valence-electron chi connectivity index (χ4n) is 3.90. The molecule has 7 nitrogen and oxygen atoms in total. The Kier molecular flexibility index (Phi) is 4.10. The molecule has 144 valence electrons. The van der Waals surface area contributed by atoms with E-state index in [1.54, 1.807) is 28.9 Å². The Balaban J connectivity index is 1.55. The van der Waals surface area contributed by atoms with E-state index in [0.717, 1.165) is 31.3 Å². The molecule has 0 spiro atoms. The molecule has 0 saturated carbocycles. The number of hydrogen-bond donors (Lipinski definition) is 1. The number of pyridine rings is 1. The van der Waals surface area contributed by atoms with E-state index in [4.69, 9.17) is 4.42 Å². The molecule has 2 aliphatic heterocycles. The Labute approximate surface area is 159 Å². The zero-order chi connectivity index (χ0) is 19.3. The first kappa shape index (κ1) is 17.3. The lowest BCUT2D eigenvalue weighted by Crippen LogP contribution is -2.53. The number of aromatic nitrogens is 2. The average molecular weight is 381 g/mol. The fourth-order valence-corrected chi connectivity index (χ4v) is 3.90. The smallest absolute Gasteiger partial charge is 0.347 e. The summed E-state index contributed by atoms with van der Waals surface area (Å²) < 4.78 is 21.0. The number of nitrogens with zero attached hydrogens (tertiary/aromatic N) is 4. The zero-order valence-electron chi connectivity index (χ0n) is 15.4. The molecule has 1 N–H and O–H groups in total. The van der Waals surface area contributed by atoms with Gasteiger partial charge in [-0.05, 0) is 25.1 Å². The second-order valence-electron chi connectivity index (χ2n) is 7.32. The topological polar surface area (TPSA) is 75.1 Å². The Morgan fingerprint density at radius 3 is 3.11 bits per heavy atom. The molecule has 2 atom stereocenters. The van der Waals surface area contributed by atoms with E-state index < -0.39 is 11.4 Å². The van der Waals surface area contributed by atoms with Crippen LogP contribution in [0.1, 0.15) is 13.3 Å². The van der Waals surface area contributed by atoms with E-state index in [1.165, 1.54) is 6.07 Å². The molecule has 28 heavy (non-hydrogen) atoms. The van der Waals surface area contributed by atoms with Crippen molar-refractivity contribution in [1.29, 1.82) is 0 Å². The summed E-state index contributed by atoms with van der Waals surface area (Å²) >= 11 is 0. The van der Waals surface area contributed by atoms with Crippen molar-refractivity contribution in [3.05, 3.63) is 57.6 Å². The predicted octanol–water partition coefficient (Wildman–Crippen LogP) is 0.517. The zero-order valence-corrected chi connectivity index (χ0v) is 15.4. The maximum atomic E-state index is 13.9. The van der Waals surface area contributed by atoms with Crippen molar-refractivity contribution >= 4 is 11.7 Å². The molecule has 3 aromatic rings. The maximum absolute atomic E-state index is 13.9. The van der Waals surface area contributed by atoms with Gasteiger partial charge >= 0.3 is 5.63 Å². The van der Waals surface area contributed by atoms with Gasteiger partial charge in [0.1, 0.15) is 6.17 Å². The summed E-state index contributed by atoms with van der Waals surface area (Å²) in [4.78, 5) is 23.8. The standard InChI is InChI=1S/C20H20FN5O2/c1-12-10-25(8-6-22-12)17-5-4-13-9-14(20(27)28-19(13)24-17)16-11-26-7-2-3-15(21)18(26)23-16/h2-4,7,9,11-12,17,22H,5-6,8,10H2,1H3/t12-,17?/m0/s1. The minimum atomic E-state index is -0.519. The fraction of sp³-hybridized carbons (Fsp3) is 0.350. The molecule has 0 bridgehead atoms. The number of hydrogen-bond acceptors (Lipinski definition) is 6. The number of nitrogens with one attached hydrogen (secondary N) is 1. The predicted molar refractivity (Wildman–Crippen MR) is 102 cm³/mol. The van der Waals surface area contributed by atoms with E-state index in [1.807, 2.05) is 6.08 Å². The quantitative estimate of drug-likeness (QED) is 0.701. The molecule has 1 saturated heterocycles. The van der Waals surface area contributed by atoms with Crippen LogP contribution in [0.3, 0.4) is 0 Å². The van der Waals surface area contributed by atoms with E-state index >= 15 is 0 Å². The first-order valence-electron chi connectivity index (χ1n) is 9.42. The van der Waals surface area contributed by atoms with Crippen molar-refractivity contribution in [1.82, 2.24) is 19.6 Å². The summed E-state index contributed by atoms with van der Waals surface area (Å²) in [6, 6.07) is 5.08. The highest BCUT2D eigenvalue weighted by Crippen LogP contribution is 2.17. The van der Waals surface area contributed by atoms with Crippen molar-refractivity contribution in [2.24, 2.45) is 4.99 Å². The first-order chi connectivity index (χ1) is 13.6. The number of piperazine rings is 1. The second kappa shape index (κ2) is 6.65. The van der Waals surface area contributed by atoms with Crippen molar-refractivity contribution in [2.45, 2.75) is 25.6 Å². The highest BCUT2D eigenvalue weighted by Gasteiger charge is 2.24. The molecule has 2 aliphatic rings. The van der Waals surface area contributed by atoms with Crippen molar-refractivity contribution in [3.63, 3.8) is 0 Å². The molecule has 1 unspecified atom stereocenters. The van der Waals surface area contributed by atoms with Crippen molar-refractivity contribution < 1.29 is 8.81 Å². The molecule has 8 heteroatoms. The average Bonchev–Trinajstić information content (AvgIpc) is 3.12. The summed E-state index contributed by atoms with van der Waals surface area (Å²) in [5.41, 5.74) is 0.701. The highest BCUT2D eigenvalue weighted by atomic mass is 19.1. The number of fused-ring (bicyclic) bond motifs is 2. The Bertz CT molecular complexity index is 1230. The Morgan fingerprint density at radius 1 is 1.39 bits per heavy atom. The lowest BCUT2D eigenvalue weighted by Gasteiger charge is -2.35. The van der Waals surface area contributed by atoms with E-state index in [0.29, 0.717) is 22.9 Å².